The molecule has 1 aromatic rings. The molecule has 3 rings (SSSR count). The lowest BCUT2D eigenvalue weighted by atomic mass is 9.96. The molecule has 32 heavy (non-hydrogen) atoms. The number of fused-ring (bicyclic) bond motifs is 1. The molecule has 1 aromatic carbocycles. The van der Waals surface area contributed by atoms with Crippen molar-refractivity contribution in [3.05, 3.63) is 35.9 Å². The molecular weight excluding hydrogens is 497 g/mol. The molecule has 0 bridgehead atoms. The van der Waals surface area contributed by atoms with E-state index in [9.17, 15) is 9.90 Å². The number of amides is 1. The fraction of sp³-hybridized carbons (Fsp3) is 0.667. The van der Waals surface area contributed by atoms with Crippen LogP contribution >= 0.6 is 34.8 Å². The van der Waals surface area contributed by atoms with Gasteiger partial charge < -0.3 is 29.1 Å². The predicted octanol–water partition coefficient (Wildman–Crippen LogP) is 4.06. The minimum absolute atomic E-state index is 0.139. The smallest absolute Gasteiger partial charge is 0.272 e. The van der Waals surface area contributed by atoms with Gasteiger partial charge in [-0.15, -0.1) is 0 Å². The van der Waals surface area contributed by atoms with Crippen LogP contribution in [0.4, 0.5) is 0 Å². The zero-order chi connectivity index (χ0) is 23.9. The Morgan fingerprint density at radius 2 is 1.78 bits per heavy atom. The molecule has 2 aliphatic rings. The Labute approximate surface area is 204 Å². The predicted molar refractivity (Wildman–Crippen MR) is 125 cm³/mol. The summed E-state index contributed by atoms with van der Waals surface area (Å²) in [5.41, 5.74) is 0.805. The largest absolute Gasteiger partial charge is 0.391 e. The molecule has 2 saturated heterocycles. The highest BCUT2D eigenvalue weighted by Gasteiger charge is 2.53. The van der Waals surface area contributed by atoms with E-state index in [0.29, 0.717) is 0 Å². The van der Waals surface area contributed by atoms with Crippen LogP contribution in [-0.2, 0) is 23.4 Å². The van der Waals surface area contributed by atoms with Gasteiger partial charge >= 0.3 is 0 Å². The van der Waals surface area contributed by atoms with Crippen LogP contribution in [0, 0.1) is 0 Å². The zero-order valence-electron chi connectivity index (χ0n) is 18.7. The molecule has 0 aromatic heterocycles. The number of alkyl halides is 3. The van der Waals surface area contributed by atoms with Crippen LogP contribution in [-0.4, -0.2) is 60.4 Å². The first-order valence-electron chi connectivity index (χ1n) is 10.4. The van der Waals surface area contributed by atoms with Crippen LogP contribution < -0.4 is 5.32 Å². The van der Waals surface area contributed by atoms with Crippen LogP contribution in [0.5, 0.6) is 0 Å². The third kappa shape index (κ3) is 5.79. The molecule has 6 atom stereocenters. The van der Waals surface area contributed by atoms with Gasteiger partial charge in [0.25, 0.3) is 9.70 Å². The normalized spacial score (nSPS) is 31.7. The second-order valence-corrected chi connectivity index (χ2v) is 16.6. The zero-order valence-corrected chi connectivity index (χ0v) is 21.9. The van der Waals surface area contributed by atoms with E-state index in [4.69, 9.17) is 53.4 Å². The summed E-state index contributed by atoms with van der Waals surface area (Å²) in [6.07, 6.45) is -4.22. The van der Waals surface area contributed by atoms with Crippen molar-refractivity contribution in [2.75, 3.05) is 6.61 Å². The number of benzene rings is 1. The van der Waals surface area contributed by atoms with E-state index in [1.807, 2.05) is 43.4 Å². The first-order valence-corrected chi connectivity index (χ1v) is 14.5. The monoisotopic (exact) mass is 525 g/mol. The van der Waals surface area contributed by atoms with Crippen LogP contribution in [0.2, 0.25) is 18.1 Å². The number of rotatable bonds is 4. The summed E-state index contributed by atoms with van der Waals surface area (Å²) in [5.74, 6) is -0.885. The van der Waals surface area contributed by atoms with Gasteiger partial charge in [-0.1, -0.05) is 85.9 Å². The molecule has 1 amide bonds. The van der Waals surface area contributed by atoms with Crippen molar-refractivity contribution in [3.63, 3.8) is 0 Å². The molecule has 0 radical (unpaired) electrons. The van der Waals surface area contributed by atoms with E-state index in [1.54, 1.807) is 0 Å². The summed E-state index contributed by atoms with van der Waals surface area (Å²) in [6.45, 7) is 10.5. The van der Waals surface area contributed by atoms with E-state index < -0.39 is 55.0 Å². The van der Waals surface area contributed by atoms with Crippen molar-refractivity contribution in [1.82, 2.24) is 5.32 Å². The minimum Gasteiger partial charge on any atom is -0.391 e. The summed E-state index contributed by atoms with van der Waals surface area (Å²) < 4.78 is 22.2. The highest BCUT2D eigenvalue weighted by atomic mass is 35.6. The number of carbonyl (C=O) groups is 1. The van der Waals surface area contributed by atoms with Crippen molar-refractivity contribution in [2.45, 2.75) is 79.6 Å². The number of aliphatic hydroxyl groups is 1. The van der Waals surface area contributed by atoms with Gasteiger partial charge in [-0.05, 0) is 18.1 Å². The van der Waals surface area contributed by atoms with Crippen molar-refractivity contribution in [1.29, 1.82) is 0 Å². The van der Waals surface area contributed by atoms with Crippen LogP contribution in [0.1, 0.15) is 32.6 Å². The standard InChI is InChI=1S/C21H30Cl3NO6Si/c1-20(2,3)32(4,5)31-18-14(25-19(27)21(22,23)24)15(26)16-13(29-18)11-28-17(30-16)12-9-7-6-8-10-12/h6-10,13-18,26H,11H2,1-5H3,(H,25,27)/t13-,14-,15-,16-,17+,18+/m1/s1. The second kappa shape index (κ2) is 9.68. The molecule has 0 unspecified atom stereocenters. The lowest BCUT2D eigenvalue weighted by Gasteiger charge is -2.50. The topological polar surface area (TPSA) is 86.2 Å². The third-order valence-corrected chi connectivity index (χ3v) is 11.2. The number of hydrogen-bond acceptors (Lipinski definition) is 6. The Balaban J connectivity index is 1.85. The molecule has 0 saturated carbocycles. The molecular formula is C21H30Cl3NO6Si. The van der Waals surface area contributed by atoms with Gasteiger partial charge in [0.15, 0.2) is 20.9 Å². The van der Waals surface area contributed by atoms with Crippen molar-refractivity contribution in [2.24, 2.45) is 0 Å². The number of hydrogen-bond donors (Lipinski definition) is 2. The fourth-order valence-corrected chi connectivity index (χ4v) is 4.63. The first kappa shape index (κ1) is 26.2. The third-order valence-electron chi connectivity index (χ3n) is 6.21. The molecule has 2 fully saturated rings. The summed E-state index contributed by atoms with van der Waals surface area (Å²) in [6, 6.07) is 8.35. The lowest BCUT2D eigenvalue weighted by molar-refractivity contribution is -0.335. The summed E-state index contributed by atoms with van der Waals surface area (Å²) in [4.78, 5) is 12.4. The summed E-state index contributed by atoms with van der Waals surface area (Å²) in [5, 5.41) is 13.7. The molecule has 0 aliphatic carbocycles. The highest BCUT2D eigenvalue weighted by Crippen LogP contribution is 2.41. The number of ether oxygens (including phenoxy) is 3. The van der Waals surface area contributed by atoms with Crippen LogP contribution in [0.3, 0.4) is 0 Å². The van der Waals surface area contributed by atoms with Crippen LogP contribution in [0.15, 0.2) is 30.3 Å². The maximum Gasteiger partial charge on any atom is 0.272 e. The van der Waals surface area contributed by atoms with E-state index in [1.165, 1.54) is 0 Å². The average Bonchev–Trinajstić information content (AvgIpc) is 2.69. The average molecular weight is 527 g/mol. The SMILES string of the molecule is CC(C)(C)[Si](C)(C)O[C@@H]1O[C@@H]2CO[C@H](c3ccccc3)O[C@H]2[C@H](O)[C@H]1NC(=O)C(Cl)(Cl)Cl. The Morgan fingerprint density at radius 3 is 2.34 bits per heavy atom. The van der Waals surface area contributed by atoms with Gasteiger partial charge in [-0.25, -0.2) is 0 Å². The van der Waals surface area contributed by atoms with Gasteiger partial charge in [-0.2, -0.15) is 0 Å². The second-order valence-electron chi connectivity index (χ2n) is 9.59. The Hall–Kier alpha value is -0.423. The molecule has 180 valence electrons. The molecule has 0 spiro atoms. The Morgan fingerprint density at radius 1 is 1.16 bits per heavy atom. The Bertz CT molecular complexity index is 801. The van der Waals surface area contributed by atoms with E-state index in [-0.39, 0.29) is 11.6 Å². The number of halogens is 3. The maximum atomic E-state index is 12.4. The quantitative estimate of drug-likeness (QED) is 0.454. The van der Waals surface area contributed by atoms with Gasteiger partial charge in [0.1, 0.15) is 24.4 Å². The van der Waals surface area contributed by atoms with E-state index in [2.05, 4.69) is 26.1 Å². The van der Waals surface area contributed by atoms with Gasteiger partial charge in [0.05, 0.1) is 6.61 Å². The summed E-state index contributed by atoms with van der Waals surface area (Å²) in [7, 11) is -2.35. The fourth-order valence-electron chi connectivity index (χ4n) is 3.33. The lowest BCUT2D eigenvalue weighted by Crippen LogP contribution is -2.69. The van der Waals surface area contributed by atoms with E-state index >= 15 is 0 Å². The minimum atomic E-state index is -2.35. The highest BCUT2D eigenvalue weighted by molar-refractivity contribution is 6.76. The number of carbonyl (C=O) groups excluding carboxylic acids is 1. The molecule has 2 aliphatic heterocycles. The van der Waals surface area contributed by atoms with Crippen LogP contribution in [0.25, 0.3) is 0 Å². The summed E-state index contributed by atoms with van der Waals surface area (Å²) >= 11 is 17.3. The molecule has 2 heterocycles. The van der Waals surface area contributed by atoms with Crippen molar-refractivity contribution >= 4 is 49.0 Å². The number of aliphatic hydroxyl groups excluding tert-OH is 1. The van der Waals surface area contributed by atoms with Gasteiger partial charge in [0.2, 0.25) is 0 Å². The van der Waals surface area contributed by atoms with Gasteiger partial charge in [0, 0.05) is 5.56 Å². The molecule has 7 nitrogen and oxygen atoms in total. The first-order chi connectivity index (χ1) is 14.7. The maximum absolute atomic E-state index is 12.4. The van der Waals surface area contributed by atoms with E-state index in [0.717, 1.165) is 5.56 Å². The molecule has 11 heteroatoms. The number of nitrogens with one attached hydrogen (secondary N) is 1. The Kier molecular flexibility index (Phi) is 7.92. The van der Waals surface area contributed by atoms with Gasteiger partial charge in [-0.3, -0.25) is 4.79 Å². The van der Waals surface area contributed by atoms with Crippen molar-refractivity contribution < 1.29 is 28.5 Å². The molecule has 2 N–H and O–H groups in total. The van der Waals surface area contributed by atoms with Crippen molar-refractivity contribution in [3.8, 4) is 0 Å².